The predicted octanol–water partition coefficient (Wildman–Crippen LogP) is 4.86. The van der Waals surface area contributed by atoms with Crippen molar-refractivity contribution in [3.05, 3.63) is 84.9 Å². The molecule has 0 saturated carbocycles. The number of nitrogens with one attached hydrogen (secondary N) is 1. The molecule has 1 aliphatic rings. The van der Waals surface area contributed by atoms with E-state index in [4.69, 9.17) is 4.74 Å². The highest BCUT2D eigenvalue weighted by molar-refractivity contribution is 8.15. The molecule has 31 heavy (non-hydrogen) atoms. The second-order valence-corrected chi connectivity index (χ2v) is 8.01. The summed E-state index contributed by atoms with van der Waals surface area (Å²) in [5, 5.41) is 3.25. The first kappa shape index (κ1) is 20.7. The van der Waals surface area contributed by atoms with Crippen molar-refractivity contribution in [3.63, 3.8) is 0 Å². The van der Waals surface area contributed by atoms with Crippen molar-refractivity contribution in [2.45, 2.75) is 11.7 Å². The molecule has 0 radical (unpaired) electrons. The summed E-state index contributed by atoms with van der Waals surface area (Å²) >= 11 is 1.26. The molecule has 2 amide bonds. The van der Waals surface area contributed by atoms with Crippen LogP contribution in [0.3, 0.4) is 0 Å². The topological polar surface area (TPSA) is 71.0 Å². The van der Waals surface area contributed by atoms with Crippen LogP contribution in [0.1, 0.15) is 6.42 Å². The molecule has 1 aliphatic heterocycles. The van der Waals surface area contributed by atoms with Gasteiger partial charge in [0, 0.05) is 18.2 Å². The summed E-state index contributed by atoms with van der Waals surface area (Å²) in [5.41, 5.74) is 2.12. The van der Waals surface area contributed by atoms with Gasteiger partial charge in [-0.1, -0.05) is 54.2 Å². The largest absolute Gasteiger partial charge is 0.497 e. The standard InChI is InChI=1S/C24H21N3O3S/c1-30-20-14-8-13-19(15-20)27-22(28)16-21(23(27)29)31-24(25-17-9-4-2-5-10-17)26-18-11-6-3-7-12-18/h2-15,21H,16H2,1H3,(H,25,26)/t21-/m1/s1. The highest BCUT2D eigenvalue weighted by Crippen LogP contribution is 2.33. The molecule has 0 spiro atoms. The Kier molecular flexibility index (Phi) is 6.33. The summed E-state index contributed by atoms with van der Waals surface area (Å²) < 4.78 is 5.23. The maximum Gasteiger partial charge on any atom is 0.247 e. The van der Waals surface area contributed by atoms with Gasteiger partial charge in [0.15, 0.2) is 5.17 Å². The van der Waals surface area contributed by atoms with E-state index in [1.165, 1.54) is 16.7 Å². The maximum atomic E-state index is 13.1. The van der Waals surface area contributed by atoms with E-state index < -0.39 is 5.25 Å². The van der Waals surface area contributed by atoms with Crippen LogP contribution in [0, 0.1) is 0 Å². The molecule has 3 aromatic rings. The summed E-state index contributed by atoms with van der Waals surface area (Å²) in [5.74, 6) is 0.0830. The van der Waals surface area contributed by atoms with Crippen LogP contribution >= 0.6 is 11.8 Å². The van der Waals surface area contributed by atoms with Crippen molar-refractivity contribution >= 4 is 45.8 Å². The van der Waals surface area contributed by atoms with Crippen molar-refractivity contribution in [1.29, 1.82) is 0 Å². The number of carbonyl (C=O) groups excluding carboxylic acids is 2. The minimum Gasteiger partial charge on any atom is -0.497 e. The summed E-state index contributed by atoms with van der Waals surface area (Å²) in [6.45, 7) is 0. The fourth-order valence-corrected chi connectivity index (χ4v) is 4.24. The number of carbonyl (C=O) groups is 2. The van der Waals surface area contributed by atoms with Crippen molar-refractivity contribution < 1.29 is 14.3 Å². The first-order chi connectivity index (χ1) is 15.1. The molecular formula is C24H21N3O3S. The summed E-state index contributed by atoms with van der Waals surface area (Å²) in [4.78, 5) is 31.7. The van der Waals surface area contributed by atoms with E-state index in [9.17, 15) is 9.59 Å². The molecule has 1 saturated heterocycles. The molecule has 6 nitrogen and oxygen atoms in total. The number of anilines is 2. The SMILES string of the molecule is COc1cccc(N2C(=O)C[C@@H](SC(=Nc3ccccc3)Nc3ccccc3)C2=O)c1. The highest BCUT2D eigenvalue weighted by Gasteiger charge is 2.41. The minimum absolute atomic E-state index is 0.102. The third-order valence-corrected chi connectivity index (χ3v) is 5.75. The van der Waals surface area contributed by atoms with Gasteiger partial charge in [-0.15, -0.1) is 0 Å². The average Bonchev–Trinajstić information content (AvgIpc) is 3.07. The van der Waals surface area contributed by atoms with E-state index >= 15 is 0 Å². The van der Waals surface area contributed by atoms with Crippen molar-refractivity contribution in [2.75, 3.05) is 17.3 Å². The number of hydrogen-bond acceptors (Lipinski definition) is 5. The minimum atomic E-state index is -0.572. The highest BCUT2D eigenvalue weighted by atomic mass is 32.2. The van der Waals surface area contributed by atoms with Gasteiger partial charge < -0.3 is 10.1 Å². The Morgan fingerprint density at radius 2 is 1.71 bits per heavy atom. The van der Waals surface area contributed by atoms with Crippen LogP contribution in [0.15, 0.2) is 89.9 Å². The molecule has 0 unspecified atom stereocenters. The van der Waals surface area contributed by atoms with Gasteiger partial charge in [0.25, 0.3) is 0 Å². The smallest absolute Gasteiger partial charge is 0.247 e. The van der Waals surface area contributed by atoms with Crippen LogP contribution in [0.25, 0.3) is 0 Å². The van der Waals surface area contributed by atoms with Crippen molar-refractivity contribution in [3.8, 4) is 5.75 Å². The monoisotopic (exact) mass is 431 g/mol. The van der Waals surface area contributed by atoms with E-state index in [-0.39, 0.29) is 18.2 Å². The van der Waals surface area contributed by atoms with Gasteiger partial charge in [-0.2, -0.15) is 0 Å². The zero-order valence-electron chi connectivity index (χ0n) is 16.9. The fraction of sp³-hybridized carbons (Fsp3) is 0.125. The molecule has 1 N–H and O–H groups in total. The fourth-order valence-electron chi connectivity index (χ4n) is 3.20. The first-order valence-corrected chi connectivity index (χ1v) is 10.7. The Balaban J connectivity index is 1.58. The third-order valence-electron chi connectivity index (χ3n) is 4.68. The number of ether oxygens (including phenoxy) is 1. The van der Waals surface area contributed by atoms with E-state index in [0.29, 0.717) is 16.6 Å². The molecule has 3 aromatic carbocycles. The number of hydrogen-bond donors (Lipinski definition) is 1. The van der Waals surface area contributed by atoms with Crippen molar-refractivity contribution in [1.82, 2.24) is 0 Å². The average molecular weight is 432 g/mol. The third kappa shape index (κ3) is 4.95. The maximum absolute atomic E-state index is 13.1. The lowest BCUT2D eigenvalue weighted by molar-refractivity contribution is -0.121. The lowest BCUT2D eigenvalue weighted by Crippen LogP contribution is -2.31. The number of rotatable bonds is 5. The van der Waals surface area contributed by atoms with Crippen LogP contribution < -0.4 is 15.0 Å². The van der Waals surface area contributed by atoms with E-state index in [1.54, 1.807) is 31.4 Å². The second-order valence-electron chi connectivity index (χ2n) is 6.82. The van der Waals surface area contributed by atoms with Crippen LogP contribution in [0.4, 0.5) is 17.1 Å². The molecule has 156 valence electrons. The zero-order chi connectivity index (χ0) is 21.6. The second kappa shape index (κ2) is 9.49. The Morgan fingerprint density at radius 1 is 1.00 bits per heavy atom. The molecule has 1 fully saturated rings. The Morgan fingerprint density at radius 3 is 2.42 bits per heavy atom. The molecule has 7 heteroatoms. The number of imide groups is 1. The van der Waals surface area contributed by atoms with E-state index in [1.807, 2.05) is 60.7 Å². The summed E-state index contributed by atoms with van der Waals surface area (Å²) in [6.07, 6.45) is 0.102. The van der Waals surface area contributed by atoms with Crippen molar-refractivity contribution in [2.24, 2.45) is 4.99 Å². The number of nitrogens with zero attached hydrogens (tertiary/aromatic N) is 2. The van der Waals surface area contributed by atoms with Gasteiger partial charge in [-0.3, -0.25) is 9.59 Å². The number of benzene rings is 3. The number of thioether (sulfide) groups is 1. The Bertz CT molecular complexity index is 1100. The Hall–Kier alpha value is -3.58. The number of para-hydroxylation sites is 2. The van der Waals surface area contributed by atoms with Crippen LogP contribution in [-0.4, -0.2) is 29.3 Å². The molecule has 0 aliphatic carbocycles. The van der Waals surface area contributed by atoms with E-state index in [0.717, 1.165) is 11.4 Å². The summed E-state index contributed by atoms with van der Waals surface area (Å²) in [7, 11) is 1.55. The normalized spacial score (nSPS) is 16.5. The van der Waals surface area contributed by atoms with E-state index in [2.05, 4.69) is 10.3 Å². The number of aliphatic imine (C=N–C) groups is 1. The summed E-state index contributed by atoms with van der Waals surface area (Å²) in [6, 6.07) is 26.0. The van der Waals surface area contributed by atoms with Gasteiger partial charge in [-0.25, -0.2) is 9.89 Å². The van der Waals surface area contributed by atoms with Crippen LogP contribution in [0.2, 0.25) is 0 Å². The molecule has 4 rings (SSSR count). The molecule has 1 heterocycles. The lowest BCUT2D eigenvalue weighted by atomic mass is 10.3. The molecule has 1 atom stereocenters. The van der Waals surface area contributed by atoms with Gasteiger partial charge in [0.2, 0.25) is 11.8 Å². The molecule has 0 bridgehead atoms. The Labute approximate surface area is 184 Å². The van der Waals surface area contributed by atoms with Crippen LogP contribution in [-0.2, 0) is 9.59 Å². The first-order valence-electron chi connectivity index (χ1n) is 9.77. The zero-order valence-corrected chi connectivity index (χ0v) is 17.7. The van der Waals surface area contributed by atoms with Crippen LogP contribution in [0.5, 0.6) is 5.75 Å². The number of amides is 2. The quantitative estimate of drug-likeness (QED) is 0.355. The molecular weight excluding hydrogens is 410 g/mol. The van der Waals surface area contributed by atoms with Gasteiger partial charge >= 0.3 is 0 Å². The lowest BCUT2D eigenvalue weighted by Gasteiger charge is -2.16. The van der Waals surface area contributed by atoms with Gasteiger partial charge in [0.05, 0.1) is 18.5 Å². The number of amidine groups is 1. The number of methoxy groups -OCH3 is 1. The van der Waals surface area contributed by atoms with Gasteiger partial charge in [0.1, 0.15) is 11.0 Å². The molecule has 0 aromatic heterocycles. The van der Waals surface area contributed by atoms with Gasteiger partial charge in [-0.05, 0) is 36.4 Å². The predicted molar refractivity (Wildman–Crippen MR) is 125 cm³/mol.